The number of benzene rings is 1. The maximum atomic E-state index is 5.43. The van der Waals surface area contributed by atoms with Crippen molar-refractivity contribution < 1.29 is 9.47 Å². The third kappa shape index (κ3) is 2.12. The quantitative estimate of drug-likeness (QED) is 0.852. The van der Waals surface area contributed by atoms with Gasteiger partial charge in [-0.15, -0.1) is 0 Å². The van der Waals surface area contributed by atoms with Crippen molar-refractivity contribution in [2.45, 2.75) is 12.8 Å². The maximum Gasteiger partial charge on any atom is 0.147 e. The topological polar surface area (TPSA) is 21.7 Å². The van der Waals surface area contributed by atoms with Gasteiger partial charge in [-0.2, -0.15) is 0 Å². The fourth-order valence-electron chi connectivity index (χ4n) is 2.11. The summed E-state index contributed by atoms with van der Waals surface area (Å²) in [7, 11) is 3.39. The van der Waals surface area contributed by atoms with Crippen LogP contribution >= 0.6 is 15.9 Å². The second kappa shape index (κ2) is 4.95. The van der Waals surface area contributed by atoms with Gasteiger partial charge in [0.2, 0.25) is 0 Å². The van der Waals surface area contributed by atoms with Gasteiger partial charge in [0.05, 0.1) is 14.2 Å². The Morgan fingerprint density at radius 1 is 1.06 bits per heavy atom. The largest absolute Gasteiger partial charge is 0.494 e. The van der Waals surface area contributed by atoms with Gasteiger partial charge in [-0.05, 0) is 25.0 Å². The minimum absolute atomic E-state index is 0.869. The number of rotatable bonds is 3. The van der Waals surface area contributed by atoms with E-state index in [0.29, 0.717) is 0 Å². The lowest BCUT2D eigenvalue weighted by molar-refractivity contribution is 0.394. The van der Waals surface area contributed by atoms with Crippen molar-refractivity contribution in [3.8, 4) is 11.5 Å². The fraction of sp³-hybridized carbons (Fsp3) is 0.500. The molecule has 0 saturated carbocycles. The molecule has 0 atom stereocenters. The summed E-state index contributed by atoms with van der Waals surface area (Å²) in [6.07, 6.45) is 2.48. The fourth-order valence-corrected chi connectivity index (χ4v) is 2.53. The van der Waals surface area contributed by atoms with Crippen molar-refractivity contribution >= 4 is 21.6 Å². The molecule has 0 bridgehead atoms. The van der Waals surface area contributed by atoms with Crippen LogP contribution < -0.4 is 14.4 Å². The third-order valence-corrected chi connectivity index (χ3v) is 3.32. The average Bonchev–Trinajstić information content (AvgIpc) is 2.80. The van der Waals surface area contributed by atoms with Crippen LogP contribution in [0.2, 0.25) is 0 Å². The molecule has 1 aliphatic rings. The molecule has 0 aromatic heterocycles. The van der Waals surface area contributed by atoms with Crippen LogP contribution in [0.4, 0.5) is 5.69 Å². The predicted molar refractivity (Wildman–Crippen MR) is 68.7 cm³/mol. The highest BCUT2D eigenvalue weighted by Gasteiger charge is 2.21. The van der Waals surface area contributed by atoms with E-state index in [9.17, 15) is 0 Å². The van der Waals surface area contributed by atoms with Crippen molar-refractivity contribution in [1.82, 2.24) is 0 Å². The van der Waals surface area contributed by atoms with Crippen LogP contribution in [0.25, 0.3) is 0 Å². The van der Waals surface area contributed by atoms with Gasteiger partial charge in [0.15, 0.2) is 0 Å². The number of anilines is 1. The molecule has 1 aromatic rings. The standard InChI is InChI=1S/C12H16BrNO2/c1-15-10-7-9(13)8-11(16-2)12(10)14-5-3-4-6-14/h7-8H,3-6H2,1-2H3. The first-order chi connectivity index (χ1) is 7.76. The Kier molecular flexibility index (Phi) is 3.59. The molecule has 1 saturated heterocycles. The Morgan fingerprint density at radius 2 is 1.56 bits per heavy atom. The molecule has 0 spiro atoms. The molecule has 0 unspecified atom stereocenters. The van der Waals surface area contributed by atoms with E-state index in [1.165, 1.54) is 12.8 Å². The Bertz CT molecular complexity index is 350. The van der Waals surface area contributed by atoms with Crippen LogP contribution in [-0.4, -0.2) is 27.3 Å². The zero-order valence-electron chi connectivity index (χ0n) is 9.62. The molecule has 88 valence electrons. The summed E-state index contributed by atoms with van der Waals surface area (Å²) in [6.45, 7) is 2.16. The molecule has 4 heteroatoms. The predicted octanol–water partition coefficient (Wildman–Crippen LogP) is 3.07. The Morgan fingerprint density at radius 3 is 2.00 bits per heavy atom. The van der Waals surface area contributed by atoms with E-state index in [1.54, 1.807) is 14.2 Å². The van der Waals surface area contributed by atoms with Crippen LogP contribution in [0.15, 0.2) is 16.6 Å². The lowest BCUT2D eigenvalue weighted by Crippen LogP contribution is -2.19. The van der Waals surface area contributed by atoms with Gasteiger partial charge in [-0.3, -0.25) is 0 Å². The van der Waals surface area contributed by atoms with Crippen LogP contribution in [0.3, 0.4) is 0 Å². The van der Waals surface area contributed by atoms with Gasteiger partial charge in [-0.1, -0.05) is 15.9 Å². The molecule has 0 amide bonds. The molecule has 1 heterocycles. The zero-order chi connectivity index (χ0) is 11.5. The van der Waals surface area contributed by atoms with E-state index in [1.807, 2.05) is 12.1 Å². The van der Waals surface area contributed by atoms with Crippen molar-refractivity contribution in [2.24, 2.45) is 0 Å². The van der Waals surface area contributed by atoms with E-state index in [-0.39, 0.29) is 0 Å². The lowest BCUT2D eigenvalue weighted by atomic mass is 10.2. The summed E-state index contributed by atoms with van der Waals surface area (Å²) in [4.78, 5) is 2.32. The van der Waals surface area contributed by atoms with Gasteiger partial charge >= 0.3 is 0 Å². The highest BCUT2D eigenvalue weighted by molar-refractivity contribution is 9.10. The van der Waals surface area contributed by atoms with Gasteiger partial charge in [0.1, 0.15) is 17.2 Å². The van der Waals surface area contributed by atoms with E-state index >= 15 is 0 Å². The third-order valence-electron chi connectivity index (χ3n) is 2.87. The monoisotopic (exact) mass is 285 g/mol. The minimum atomic E-state index is 0.869. The van der Waals surface area contributed by atoms with Crippen LogP contribution in [0.5, 0.6) is 11.5 Å². The number of hydrogen-bond acceptors (Lipinski definition) is 3. The highest BCUT2D eigenvalue weighted by atomic mass is 79.9. The highest BCUT2D eigenvalue weighted by Crippen LogP contribution is 2.41. The summed E-state index contributed by atoms with van der Waals surface area (Å²) >= 11 is 3.46. The van der Waals surface area contributed by atoms with E-state index in [4.69, 9.17) is 9.47 Å². The van der Waals surface area contributed by atoms with Gasteiger partial charge < -0.3 is 14.4 Å². The van der Waals surface area contributed by atoms with E-state index in [2.05, 4.69) is 20.8 Å². The summed E-state index contributed by atoms with van der Waals surface area (Å²) in [5.41, 5.74) is 1.07. The Hall–Kier alpha value is -0.900. The molecule has 3 nitrogen and oxygen atoms in total. The summed E-state index contributed by atoms with van der Waals surface area (Å²) < 4.78 is 11.8. The van der Waals surface area contributed by atoms with Gasteiger partial charge in [0, 0.05) is 17.6 Å². The van der Waals surface area contributed by atoms with Crippen molar-refractivity contribution in [3.63, 3.8) is 0 Å². The Labute approximate surface area is 104 Å². The number of halogens is 1. The molecule has 0 N–H and O–H groups in total. The normalized spacial score (nSPS) is 15.3. The average molecular weight is 286 g/mol. The lowest BCUT2D eigenvalue weighted by Gasteiger charge is -2.23. The second-order valence-electron chi connectivity index (χ2n) is 3.85. The Balaban J connectivity index is 2.46. The molecule has 16 heavy (non-hydrogen) atoms. The number of ether oxygens (including phenoxy) is 2. The van der Waals surface area contributed by atoms with Gasteiger partial charge in [0.25, 0.3) is 0 Å². The van der Waals surface area contributed by atoms with E-state index in [0.717, 1.165) is 34.7 Å². The summed E-state index contributed by atoms with van der Waals surface area (Å²) in [6, 6.07) is 3.96. The SMILES string of the molecule is COc1cc(Br)cc(OC)c1N1CCCC1. The summed E-state index contributed by atoms with van der Waals surface area (Å²) in [5.74, 6) is 1.74. The molecular formula is C12H16BrNO2. The molecule has 0 aliphatic carbocycles. The number of methoxy groups -OCH3 is 2. The smallest absolute Gasteiger partial charge is 0.147 e. The van der Waals surface area contributed by atoms with Crippen molar-refractivity contribution in [3.05, 3.63) is 16.6 Å². The van der Waals surface area contributed by atoms with Crippen LogP contribution in [-0.2, 0) is 0 Å². The van der Waals surface area contributed by atoms with Gasteiger partial charge in [-0.25, -0.2) is 0 Å². The second-order valence-corrected chi connectivity index (χ2v) is 4.77. The molecule has 2 rings (SSSR count). The summed E-state index contributed by atoms with van der Waals surface area (Å²) in [5, 5.41) is 0. The molecule has 0 radical (unpaired) electrons. The molecular weight excluding hydrogens is 270 g/mol. The molecule has 1 aliphatic heterocycles. The van der Waals surface area contributed by atoms with E-state index < -0.39 is 0 Å². The number of hydrogen-bond donors (Lipinski definition) is 0. The van der Waals surface area contributed by atoms with Crippen molar-refractivity contribution in [1.29, 1.82) is 0 Å². The first-order valence-corrected chi connectivity index (χ1v) is 6.22. The first kappa shape index (κ1) is 11.6. The zero-order valence-corrected chi connectivity index (χ0v) is 11.2. The van der Waals surface area contributed by atoms with Crippen LogP contribution in [0.1, 0.15) is 12.8 Å². The van der Waals surface area contributed by atoms with Crippen LogP contribution in [0, 0.1) is 0 Å². The minimum Gasteiger partial charge on any atom is -0.494 e. The molecule has 1 aromatic carbocycles. The molecule has 1 fully saturated rings. The maximum absolute atomic E-state index is 5.43. The first-order valence-electron chi connectivity index (χ1n) is 5.42. The number of nitrogens with zero attached hydrogens (tertiary/aromatic N) is 1. The van der Waals surface area contributed by atoms with Crippen molar-refractivity contribution in [2.75, 3.05) is 32.2 Å².